The first-order valence-corrected chi connectivity index (χ1v) is 8.30. The molecule has 1 saturated heterocycles. The zero-order valence-electron chi connectivity index (χ0n) is 14.1. The van der Waals surface area contributed by atoms with E-state index in [9.17, 15) is 4.79 Å². The van der Waals surface area contributed by atoms with Gasteiger partial charge in [-0.3, -0.25) is 4.79 Å². The summed E-state index contributed by atoms with van der Waals surface area (Å²) in [5.74, 6) is 1.27. The number of methoxy groups -OCH3 is 2. The van der Waals surface area contributed by atoms with Gasteiger partial charge in [0.1, 0.15) is 23.0 Å². The monoisotopic (exact) mass is 362 g/mol. The third-order valence-electron chi connectivity index (χ3n) is 4.02. The molecule has 0 radical (unpaired) electrons. The number of anilines is 2. The molecule has 2 heterocycles. The van der Waals surface area contributed by atoms with Crippen molar-refractivity contribution in [3.63, 3.8) is 0 Å². The first-order valence-electron chi connectivity index (χ1n) is 7.92. The van der Waals surface area contributed by atoms with Crippen molar-refractivity contribution in [1.29, 1.82) is 0 Å². The highest BCUT2D eigenvalue weighted by Crippen LogP contribution is 2.36. The number of nitrogens with one attached hydrogen (secondary N) is 1. The molecule has 0 spiro atoms. The van der Waals surface area contributed by atoms with E-state index in [1.54, 1.807) is 18.3 Å². The van der Waals surface area contributed by atoms with E-state index >= 15 is 0 Å². The van der Waals surface area contributed by atoms with Gasteiger partial charge >= 0.3 is 0 Å². The van der Waals surface area contributed by atoms with Crippen molar-refractivity contribution in [3.8, 4) is 11.5 Å². The van der Waals surface area contributed by atoms with Gasteiger partial charge in [-0.1, -0.05) is 11.6 Å². The molecule has 0 aliphatic carbocycles. The van der Waals surface area contributed by atoms with Crippen LogP contribution in [-0.2, 0) is 0 Å². The van der Waals surface area contributed by atoms with Crippen molar-refractivity contribution >= 4 is 29.0 Å². The molecule has 0 unspecified atom stereocenters. The van der Waals surface area contributed by atoms with Gasteiger partial charge in [-0.2, -0.15) is 0 Å². The molecule has 0 saturated carbocycles. The zero-order valence-corrected chi connectivity index (χ0v) is 14.8. The van der Waals surface area contributed by atoms with Crippen LogP contribution in [0, 0.1) is 0 Å². The van der Waals surface area contributed by atoms with E-state index in [1.165, 1.54) is 20.4 Å². The Morgan fingerprint density at radius 3 is 2.44 bits per heavy atom. The summed E-state index contributed by atoms with van der Waals surface area (Å²) in [5.41, 5.74) is 0.665. The summed E-state index contributed by atoms with van der Waals surface area (Å²) in [7, 11) is 3.00. The lowest BCUT2D eigenvalue weighted by atomic mass is 10.2. The molecule has 7 nitrogen and oxygen atoms in total. The molecule has 1 aromatic heterocycles. The van der Waals surface area contributed by atoms with E-state index in [-0.39, 0.29) is 11.6 Å². The van der Waals surface area contributed by atoms with E-state index < -0.39 is 0 Å². The topological polar surface area (TPSA) is 76.6 Å². The van der Waals surface area contributed by atoms with Crippen LogP contribution in [0.4, 0.5) is 11.5 Å². The van der Waals surface area contributed by atoms with Gasteiger partial charge in [0.15, 0.2) is 0 Å². The van der Waals surface area contributed by atoms with Gasteiger partial charge in [0, 0.05) is 25.2 Å². The van der Waals surface area contributed by atoms with E-state index in [1.807, 2.05) is 0 Å². The SMILES string of the molecule is COc1cc(NC(=O)c2cnc(N3CCCC3)cn2)c(OC)cc1Cl. The summed E-state index contributed by atoms with van der Waals surface area (Å²) in [6.07, 6.45) is 5.41. The van der Waals surface area contributed by atoms with Crippen LogP contribution in [0.5, 0.6) is 11.5 Å². The van der Waals surface area contributed by atoms with E-state index in [2.05, 4.69) is 20.2 Å². The fraction of sp³-hybridized carbons (Fsp3) is 0.353. The van der Waals surface area contributed by atoms with Crippen LogP contribution in [0.25, 0.3) is 0 Å². The standard InChI is InChI=1S/C17H19ClN4O3/c1-24-14-8-12(15(25-2)7-11(14)18)21-17(23)13-9-20-16(10-19-13)22-5-3-4-6-22/h7-10H,3-6H2,1-2H3,(H,21,23). The quantitative estimate of drug-likeness (QED) is 0.881. The molecular weight excluding hydrogens is 344 g/mol. The number of nitrogens with zero attached hydrogens (tertiary/aromatic N) is 3. The van der Waals surface area contributed by atoms with Gasteiger partial charge in [0.2, 0.25) is 0 Å². The Morgan fingerprint density at radius 1 is 1.12 bits per heavy atom. The summed E-state index contributed by atoms with van der Waals surface area (Å²) in [4.78, 5) is 23.2. The van der Waals surface area contributed by atoms with Crippen molar-refractivity contribution in [3.05, 3.63) is 35.2 Å². The molecule has 25 heavy (non-hydrogen) atoms. The highest BCUT2D eigenvalue weighted by atomic mass is 35.5. The van der Waals surface area contributed by atoms with Crippen molar-refractivity contribution in [1.82, 2.24) is 9.97 Å². The van der Waals surface area contributed by atoms with Crippen molar-refractivity contribution in [2.45, 2.75) is 12.8 Å². The second kappa shape index (κ2) is 7.57. The Labute approximate surface area is 150 Å². The van der Waals surface area contributed by atoms with Gasteiger partial charge in [0.05, 0.1) is 37.3 Å². The first kappa shape index (κ1) is 17.3. The van der Waals surface area contributed by atoms with Gasteiger partial charge in [-0.25, -0.2) is 9.97 Å². The number of rotatable bonds is 5. The predicted octanol–water partition coefficient (Wildman–Crippen LogP) is 3.00. The van der Waals surface area contributed by atoms with Crippen LogP contribution in [0.3, 0.4) is 0 Å². The predicted molar refractivity (Wildman–Crippen MR) is 96.0 cm³/mol. The van der Waals surface area contributed by atoms with Gasteiger partial charge in [-0.15, -0.1) is 0 Å². The highest BCUT2D eigenvalue weighted by molar-refractivity contribution is 6.32. The minimum absolute atomic E-state index is 0.221. The Bertz CT molecular complexity index is 761. The van der Waals surface area contributed by atoms with Crippen LogP contribution >= 0.6 is 11.6 Å². The minimum atomic E-state index is -0.386. The third kappa shape index (κ3) is 3.76. The number of benzene rings is 1. The molecule has 132 valence electrons. The Balaban J connectivity index is 1.77. The number of carbonyl (C=O) groups excluding carboxylic acids is 1. The van der Waals surface area contributed by atoms with Crippen molar-refractivity contribution in [2.75, 3.05) is 37.5 Å². The van der Waals surface area contributed by atoms with Crippen LogP contribution < -0.4 is 19.7 Å². The maximum Gasteiger partial charge on any atom is 0.275 e. The Kier molecular flexibility index (Phi) is 5.23. The van der Waals surface area contributed by atoms with Crippen molar-refractivity contribution in [2.24, 2.45) is 0 Å². The molecule has 1 amide bonds. The lowest BCUT2D eigenvalue weighted by Gasteiger charge is -2.16. The summed E-state index contributed by atoms with van der Waals surface area (Å²) >= 11 is 6.07. The third-order valence-corrected chi connectivity index (χ3v) is 4.32. The van der Waals surface area contributed by atoms with Gasteiger partial charge in [-0.05, 0) is 12.8 Å². The summed E-state index contributed by atoms with van der Waals surface area (Å²) in [6.45, 7) is 1.95. The second-order valence-electron chi connectivity index (χ2n) is 5.60. The number of carbonyl (C=O) groups is 1. The fourth-order valence-electron chi connectivity index (χ4n) is 2.69. The van der Waals surface area contributed by atoms with Crippen LogP contribution in [0.1, 0.15) is 23.3 Å². The smallest absolute Gasteiger partial charge is 0.275 e. The second-order valence-corrected chi connectivity index (χ2v) is 6.00. The summed E-state index contributed by atoms with van der Waals surface area (Å²) in [6, 6.07) is 3.18. The first-order chi connectivity index (χ1) is 12.1. The summed E-state index contributed by atoms with van der Waals surface area (Å²) < 4.78 is 10.4. The largest absolute Gasteiger partial charge is 0.495 e. The highest BCUT2D eigenvalue weighted by Gasteiger charge is 2.17. The maximum atomic E-state index is 12.4. The lowest BCUT2D eigenvalue weighted by Crippen LogP contribution is -2.20. The minimum Gasteiger partial charge on any atom is -0.495 e. The molecule has 0 bridgehead atoms. The maximum absolute atomic E-state index is 12.4. The van der Waals surface area contributed by atoms with Gasteiger partial charge < -0.3 is 19.7 Å². The average Bonchev–Trinajstić information content (AvgIpc) is 3.17. The van der Waals surface area contributed by atoms with Crippen LogP contribution in [-0.4, -0.2) is 43.2 Å². The van der Waals surface area contributed by atoms with Crippen molar-refractivity contribution < 1.29 is 14.3 Å². The molecule has 1 N–H and O–H groups in total. The molecule has 1 aromatic carbocycles. The lowest BCUT2D eigenvalue weighted by molar-refractivity contribution is 0.102. The van der Waals surface area contributed by atoms with E-state index in [0.29, 0.717) is 22.2 Å². The molecule has 8 heteroatoms. The molecule has 1 aliphatic rings. The normalized spacial score (nSPS) is 13.6. The van der Waals surface area contributed by atoms with Crippen LogP contribution in [0.15, 0.2) is 24.5 Å². The zero-order chi connectivity index (χ0) is 17.8. The van der Waals surface area contributed by atoms with Gasteiger partial charge in [0.25, 0.3) is 5.91 Å². The molecule has 0 atom stereocenters. The number of hydrogen-bond acceptors (Lipinski definition) is 6. The molecule has 1 fully saturated rings. The van der Waals surface area contributed by atoms with Crippen LogP contribution in [0.2, 0.25) is 5.02 Å². The summed E-state index contributed by atoms with van der Waals surface area (Å²) in [5, 5.41) is 3.15. The van der Waals surface area contributed by atoms with E-state index in [0.717, 1.165) is 31.7 Å². The number of ether oxygens (including phenoxy) is 2. The Hall–Kier alpha value is -2.54. The number of hydrogen-bond donors (Lipinski definition) is 1. The number of halogens is 1. The molecule has 2 aromatic rings. The number of amides is 1. The van der Waals surface area contributed by atoms with E-state index in [4.69, 9.17) is 21.1 Å². The molecule has 1 aliphatic heterocycles. The number of aromatic nitrogens is 2. The molecular formula is C17H19ClN4O3. The Morgan fingerprint density at radius 2 is 1.84 bits per heavy atom. The molecule has 3 rings (SSSR count). The average molecular weight is 363 g/mol. The fourth-order valence-corrected chi connectivity index (χ4v) is 2.92.